The molecule has 0 saturated heterocycles. The zero-order valence-corrected chi connectivity index (χ0v) is 6.06. The van der Waals surface area contributed by atoms with Crippen molar-refractivity contribution in [3.05, 3.63) is 11.6 Å². The fourth-order valence-electron chi connectivity index (χ4n) is 1.01. The number of aliphatic hydroxyl groups is 3. The third-order valence-electron chi connectivity index (χ3n) is 1.75. The lowest BCUT2D eigenvalue weighted by atomic mass is 9.92. The van der Waals surface area contributed by atoms with Gasteiger partial charge in [0.15, 0.2) is 5.78 Å². The SMILES string of the molecule is CC1=C[C@H](O)[C@@H](O)[C@@H](O)C1=O. The normalized spacial score (nSPS) is 38.7. The summed E-state index contributed by atoms with van der Waals surface area (Å²) >= 11 is 0. The zero-order chi connectivity index (χ0) is 8.59. The van der Waals surface area contributed by atoms with Gasteiger partial charge in [-0.15, -0.1) is 0 Å². The molecule has 1 aliphatic rings. The summed E-state index contributed by atoms with van der Waals surface area (Å²) in [5, 5.41) is 27.0. The number of ketones is 1. The topological polar surface area (TPSA) is 77.8 Å². The average Bonchev–Trinajstić information content (AvgIpc) is 1.97. The molecule has 0 bridgehead atoms. The molecule has 1 rings (SSSR count). The Morgan fingerprint density at radius 2 is 1.91 bits per heavy atom. The summed E-state index contributed by atoms with van der Waals surface area (Å²) in [6.07, 6.45) is -2.76. The van der Waals surface area contributed by atoms with E-state index in [0.717, 1.165) is 0 Å². The van der Waals surface area contributed by atoms with Crippen LogP contribution in [0.25, 0.3) is 0 Å². The largest absolute Gasteiger partial charge is 0.387 e. The first-order valence-electron chi connectivity index (χ1n) is 3.31. The van der Waals surface area contributed by atoms with Crippen molar-refractivity contribution in [3.8, 4) is 0 Å². The Bertz CT molecular complexity index is 208. The Labute approximate surface area is 63.8 Å². The third kappa shape index (κ3) is 1.33. The predicted octanol–water partition coefficient (Wildman–Crippen LogP) is -1.40. The minimum atomic E-state index is -1.48. The summed E-state index contributed by atoms with van der Waals surface area (Å²) in [6.45, 7) is 1.49. The van der Waals surface area contributed by atoms with Gasteiger partial charge in [0.2, 0.25) is 0 Å². The molecule has 0 aliphatic heterocycles. The molecule has 0 fully saturated rings. The van der Waals surface area contributed by atoms with E-state index >= 15 is 0 Å². The number of hydrogen-bond acceptors (Lipinski definition) is 4. The van der Waals surface area contributed by atoms with Crippen LogP contribution in [-0.2, 0) is 4.79 Å². The Balaban J connectivity index is 2.92. The number of rotatable bonds is 0. The number of aliphatic hydroxyl groups excluding tert-OH is 3. The summed E-state index contributed by atoms with van der Waals surface area (Å²) in [5.74, 6) is -0.525. The van der Waals surface area contributed by atoms with E-state index in [0.29, 0.717) is 0 Å². The highest BCUT2D eigenvalue weighted by atomic mass is 16.4. The lowest BCUT2D eigenvalue weighted by Gasteiger charge is -2.24. The van der Waals surface area contributed by atoms with Gasteiger partial charge in [0.25, 0.3) is 0 Å². The first-order valence-corrected chi connectivity index (χ1v) is 3.31. The molecule has 11 heavy (non-hydrogen) atoms. The monoisotopic (exact) mass is 158 g/mol. The van der Waals surface area contributed by atoms with Gasteiger partial charge in [0.05, 0.1) is 0 Å². The van der Waals surface area contributed by atoms with Crippen LogP contribution in [0.1, 0.15) is 6.92 Å². The van der Waals surface area contributed by atoms with E-state index in [1.807, 2.05) is 0 Å². The van der Waals surface area contributed by atoms with Gasteiger partial charge in [0.1, 0.15) is 18.3 Å². The quantitative estimate of drug-likeness (QED) is 0.405. The van der Waals surface area contributed by atoms with Crippen molar-refractivity contribution in [1.82, 2.24) is 0 Å². The molecular weight excluding hydrogens is 148 g/mol. The first kappa shape index (κ1) is 8.39. The van der Waals surface area contributed by atoms with E-state index < -0.39 is 24.1 Å². The lowest BCUT2D eigenvalue weighted by Crippen LogP contribution is -2.45. The number of carbonyl (C=O) groups excluding carboxylic acids is 1. The van der Waals surface area contributed by atoms with Crippen molar-refractivity contribution in [2.24, 2.45) is 0 Å². The molecule has 0 aromatic carbocycles. The van der Waals surface area contributed by atoms with Gasteiger partial charge in [-0.3, -0.25) is 4.79 Å². The van der Waals surface area contributed by atoms with Crippen LogP contribution in [-0.4, -0.2) is 39.4 Å². The maximum absolute atomic E-state index is 10.9. The molecule has 0 amide bonds. The van der Waals surface area contributed by atoms with Crippen LogP contribution in [0.2, 0.25) is 0 Å². The molecule has 0 aromatic rings. The summed E-state index contributed by atoms with van der Waals surface area (Å²) in [5.41, 5.74) is 0.287. The Hall–Kier alpha value is -0.710. The molecule has 62 valence electrons. The van der Waals surface area contributed by atoms with Gasteiger partial charge in [-0.25, -0.2) is 0 Å². The fourth-order valence-corrected chi connectivity index (χ4v) is 1.01. The number of hydrogen-bond donors (Lipinski definition) is 3. The molecule has 4 heteroatoms. The van der Waals surface area contributed by atoms with Crippen molar-refractivity contribution < 1.29 is 20.1 Å². The summed E-state index contributed by atoms with van der Waals surface area (Å²) in [7, 11) is 0. The smallest absolute Gasteiger partial charge is 0.189 e. The van der Waals surface area contributed by atoms with Crippen molar-refractivity contribution in [2.45, 2.75) is 25.2 Å². The minimum Gasteiger partial charge on any atom is -0.387 e. The van der Waals surface area contributed by atoms with Crippen LogP contribution in [0.4, 0.5) is 0 Å². The van der Waals surface area contributed by atoms with E-state index in [2.05, 4.69) is 0 Å². The molecule has 0 heterocycles. The summed E-state index contributed by atoms with van der Waals surface area (Å²) < 4.78 is 0. The average molecular weight is 158 g/mol. The third-order valence-corrected chi connectivity index (χ3v) is 1.75. The maximum Gasteiger partial charge on any atom is 0.189 e. The molecule has 0 saturated carbocycles. The van der Waals surface area contributed by atoms with Gasteiger partial charge >= 0.3 is 0 Å². The predicted molar refractivity (Wildman–Crippen MR) is 36.8 cm³/mol. The number of carbonyl (C=O) groups is 1. The molecule has 4 nitrogen and oxygen atoms in total. The number of Topliss-reactive ketones (excluding diaryl/α,β-unsaturated/α-hetero) is 1. The second kappa shape index (κ2) is 2.73. The van der Waals surface area contributed by atoms with E-state index in [1.165, 1.54) is 13.0 Å². The van der Waals surface area contributed by atoms with E-state index in [1.54, 1.807) is 0 Å². The van der Waals surface area contributed by atoms with Crippen molar-refractivity contribution in [3.63, 3.8) is 0 Å². The molecular formula is C7H10O4. The highest BCUT2D eigenvalue weighted by molar-refractivity contribution is 5.99. The van der Waals surface area contributed by atoms with Crippen molar-refractivity contribution >= 4 is 5.78 Å². The summed E-state index contributed by atoms with van der Waals surface area (Å²) in [4.78, 5) is 10.9. The Morgan fingerprint density at radius 1 is 1.36 bits per heavy atom. The molecule has 0 unspecified atom stereocenters. The standard InChI is InChI=1S/C7H10O4/c1-3-2-4(8)6(10)7(11)5(3)9/h2,4,6-8,10-11H,1H3/t4-,6+,7-/m0/s1. The van der Waals surface area contributed by atoms with Gasteiger partial charge in [-0.1, -0.05) is 0 Å². The second-order valence-electron chi connectivity index (χ2n) is 2.64. The van der Waals surface area contributed by atoms with Crippen LogP contribution in [0.15, 0.2) is 11.6 Å². The van der Waals surface area contributed by atoms with Crippen LogP contribution in [0.3, 0.4) is 0 Å². The van der Waals surface area contributed by atoms with Gasteiger partial charge in [-0.2, -0.15) is 0 Å². The van der Waals surface area contributed by atoms with E-state index in [-0.39, 0.29) is 5.57 Å². The van der Waals surface area contributed by atoms with Gasteiger partial charge in [0, 0.05) is 0 Å². The highest BCUT2D eigenvalue weighted by Gasteiger charge is 2.34. The van der Waals surface area contributed by atoms with Gasteiger partial charge in [-0.05, 0) is 18.6 Å². The molecule has 3 N–H and O–H groups in total. The molecule has 0 aromatic heterocycles. The van der Waals surface area contributed by atoms with Crippen molar-refractivity contribution in [1.29, 1.82) is 0 Å². The first-order chi connectivity index (χ1) is 5.04. The Morgan fingerprint density at radius 3 is 2.45 bits per heavy atom. The van der Waals surface area contributed by atoms with Gasteiger partial charge < -0.3 is 15.3 Å². The van der Waals surface area contributed by atoms with Crippen LogP contribution < -0.4 is 0 Å². The molecule has 1 aliphatic carbocycles. The maximum atomic E-state index is 10.9. The van der Waals surface area contributed by atoms with E-state index in [4.69, 9.17) is 15.3 Å². The summed E-state index contributed by atoms with van der Waals surface area (Å²) in [6, 6.07) is 0. The minimum absolute atomic E-state index is 0.287. The Kier molecular flexibility index (Phi) is 2.08. The molecule has 3 atom stereocenters. The highest BCUT2D eigenvalue weighted by Crippen LogP contribution is 2.15. The molecule has 0 spiro atoms. The van der Waals surface area contributed by atoms with Crippen LogP contribution in [0, 0.1) is 0 Å². The lowest BCUT2D eigenvalue weighted by molar-refractivity contribution is -0.134. The van der Waals surface area contributed by atoms with E-state index in [9.17, 15) is 4.79 Å². The zero-order valence-electron chi connectivity index (χ0n) is 6.06. The second-order valence-corrected chi connectivity index (χ2v) is 2.64. The fraction of sp³-hybridized carbons (Fsp3) is 0.571. The molecule has 0 radical (unpaired) electrons. The van der Waals surface area contributed by atoms with Crippen LogP contribution >= 0.6 is 0 Å². The van der Waals surface area contributed by atoms with Crippen molar-refractivity contribution in [2.75, 3.05) is 0 Å². The van der Waals surface area contributed by atoms with Crippen LogP contribution in [0.5, 0.6) is 0 Å².